The monoisotopic (exact) mass is 292 g/mol. The molecular formula is C18H16N2O2. The maximum atomic E-state index is 13.1. The van der Waals surface area contributed by atoms with Gasteiger partial charge in [0.15, 0.2) is 5.54 Å². The third-order valence-corrected chi connectivity index (χ3v) is 4.74. The molecule has 0 aromatic heterocycles. The SMILES string of the molecule is CN1C(=O)N2CCc3ccccc3C2(c2ccccc2)C1=O. The minimum Gasteiger partial charge on any atom is -0.301 e. The highest BCUT2D eigenvalue weighted by Crippen LogP contribution is 2.46. The topological polar surface area (TPSA) is 40.6 Å². The zero-order valence-corrected chi connectivity index (χ0v) is 12.3. The lowest BCUT2D eigenvalue weighted by Gasteiger charge is -2.41. The summed E-state index contributed by atoms with van der Waals surface area (Å²) in [6.07, 6.45) is 0.775. The largest absolute Gasteiger partial charge is 0.327 e. The molecule has 0 radical (unpaired) electrons. The van der Waals surface area contributed by atoms with Crippen LogP contribution in [0.15, 0.2) is 54.6 Å². The zero-order chi connectivity index (χ0) is 15.3. The van der Waals surface area contributed by atoms with Crippen LogP contribution in [0, 0.1) is 0 Å². The van der Waals surface area contributed by atoms with Crippen molar-refractivity contribution in [3.8, 4) is 0 Å². The second-order valence-corrected chi connectivity index (χ2v) is 5.78. The highest BCUT2D eigenvalue weighted by atomic mass is 16.2. The summed E-state index contributed by atoms with van der Waals surface area (Å²) in [5.74, 6) is -0.171. The molecule has 2 aliphatic rings. The number of benzene rings is 2. The van der Waals surface area contributed by atoms with Crippen LogP contribution >= 0.6 is 0 Å². The van der Waals surface area contributed by atoms with Crippen molar-refractivity contribution in [3.05, 3.63) is 71.3 Å². The van der Waals surface area contributed by atoms with Crippen molar-refractivity contribution in [1.29, 1.82) is 0 Å². The van der Waals surface area contributed by atoms with Gasteiger partial charge in [-0.15, -0.1) is 0 Å². The Morgan fingerprint density at radius 1 is 0.955 bits per heavy atom. The number of carbonyl (C=O) groups is 2. The van der Waals surface area contributed by atoms with Gasteiger partial charge in [-0.1, -0.05) is 54.6 Å². The fourth-order valence-corrected chi connectivity index (χ4v) is 3.73. The number of nitrogens with zero attached hydrogens (tertiary/aromatic N) is 2. The standard InChI is InChI=1S/C18H16N2O2/c1-19-16(21)18(14-8-3-2-4-9-14)15-10-6-5-7-13(15)11-12-20(18)17(19)22/h2-10H,11-12H2,1H3. The van der Waals surface area contributed by atoms with Crippen molar-refractivity contribution >= 4 is 11.9 Å². The van der Waals surface area contributed by atoms with Crippen LogP contribution in [0.5, 0.6) is 0 Å². The first kappa shape index (κ1) is 13.1. The second kappa shape index (κ2) is 4.44. The Morgan fingerprint density at radius 2 is 1.64 bits per heavy atom. The zero-order valence-electron chi connectivity index (χ0n) is 12.3. The molecule has 0 aliphatic carbocycles. The van der Waals surface area contributed by atoms with Crippen LogP contribution in [0.1, 0.15) is 16.7 Å². The molecule has 2 heterocycles. The van der Waals surface area contributed by atoms with E-state index in [4.69, 9.17) is 0 Å². The molecule has 0 bridgehead atoms. The van der Waals surface area contributed by atoms with Gasteiger partial charge in [0.05, 0.1) is 0 Å². The van der Waals surface area contributed by atoms with Gasteiger partial charge in [-0.2, -0.15) is 0 Å². The van der Waals surface area contributed by atoms with E-state index in [9.17, 15) is 9.59 Å². The Balaban J connectivity index is 2.08. The van der Waals surface area contributed by atoms with Crippen molar-refractivity contribution in [2.75, 3.05) is 13.6 Å². The summed E-state index contributed by atoms with van der Waals surface area (Å²) in [5.41, 5.74) is 1.90. The number of urea groups is 1. The molecule has 2 aromatic rings. The van der Waals surface area contributed by atoms with Gasteiger partial charge in [0, 0.05) is 13.6 Å². The molecule has 3 amide bonds. The lowest BCUT2D eigenvalue weighted by Crippen LogP contribution is -2.51. The predicted octanol–water partition coefficient (Wildman–Crippen LogP) is 2.38. The maximum absolute atomic E-state index is 13.1. The smallest absolute Gasteiger partial charge is 0.301 e. The first-order valence-corrected chi connectivity index (χ1v) is 7.41. The number of hydrogen-bond acceptors (Lipinski definition) is 2. The summed E-state index contributed by atoms with van der Waals surface area (Å²) >= 11 is 0. The lowest BCUT2D eigenvalue weighted by molar-refractivity contribution is -0.131. The molecule has 22 heavy (non-hydrogen) atoms. The maximum Gasteiger partial charge on any atom is 0.327 e. The van der Waals surface area contributed by atoms with E-state index < -0.39 is 5.54 Å². The van der Waals surface area contributed by atoms with Gasteiger partial charge in [0.25, 0.3) is 5.91 Å². The van der Waals surface area contributed by atoms with Crippen molar-refractivity contribution < 1.29 is 9.59 Å². The van der Waals surface area contributed by atoms with Gasteiger partial charge < -0.3 is 4.90 Å². The van der Waals surface area contributed by atoms with Crippen LogP contribution in [0.3, 0.4) is 0 Å². The van der Waals surface area contributed by atoms with Gasteiger partial charge >= 0.3 is 6.03 Å². The van der Waals surface area contributed by atoms with E-state index in [1.165, 1.54) is 4.90 Å². The molecule has 0 spiro atoms. The Kier molecular flexibility index (Phi) is 2.64. The van der Waals surface area contributed by atoms with E-state index in [-0.39, 0.29) is 11.9 Å². The first-order valence-electron chi connectivity index (χ1n) is 7.41. The molecule has 2 aliphatic heterocycles. The number of rotatable bonds is 1. The summed E-state index contributed by atoms with van der Waals surface area (Å²) in [7, 11) is 1.57. The van der Waals surface area contributed by atoms with Crippen LogP contribution < -0.4 is 0 Å². The summed E-state index contributed by atoms with van der Waals surface area (Å²) in [6.45, 7) is 0.556. The normalized spacial score (nSPS) is 23.5. The third kappa shape index (κ3) is 1.42. The predicted molar refractivity (Wildman–Crippen MR) is 82.2 cm³/mol. The number of amides is 3. The van der Waals surface area contributed by atoms with Gasteiger partial charge in [0.2, 0.25) is 0 Å². The van der Waals surface area contributed by atoms with E-state index >= 15 is 0 Å². The fraction of sp³-hybridized carbons (Fsp3) is 0.222. The number of likely N-dealkylation sites (N-methyl/N-ethyl adjacent to an activating group) is 1. The molecule has 4 rings (SSSR count). The highest BCUT2D eigenvalue weighted by molar-refractivity contribution is 6.09. The molecule has 0 saturated carbocycles. The van der Waals surface area contributed by atoms with E-state index in [0.717, 1.165) is 23.1 Å². The minimum absolute atomic E-state index is 0.171. The average molecular weight is 292 g/mol. The van der Waals surface area contributed by atoms with Gasteiger partial charge in [-0.3, -0.25) is 9.69 Å². The number of carbonyl (C=O) groups excluding carboxylic acids is 2. The van der Waals surface area contributed by atoms with Gasteiger partial charge in [0.1, 0.15) is 0 Å². The lowest BCUT2D eigenvalue weighted by atomic mass is 9.76. The number of fused-ring (bicyclic) bond motifs is 3. The number of hydrogen-bond donors (Lipinski definition) is 0. The van der Waals surface area contributed by atoms with E-state index in [1.807, 2.05) is 54.6 Å². The van der Waals surface area contributed by atoms with Crippen molar-refractivity contribution in [2.45, 2.75) is 12.0 Å². The molecule has 110 valence electrons. The molecule has 0 N–H and O–H groups in total. The average Bonchev–Trinajstić information content (AvgIpc) is 2.78. The Bertz CT molecular complexity index is 772. The fourth-order valence-electron chi connectivity index (χ4n) is 3.73. The van der Waals surface area contributed by atoms with Crippen LogP contribution in [0.25, 0.3) is 0 Å². The van der Waals surface area contributed by atoms with Crippen LogP contribution in [-0.4, -0.2) is 35.3 Å². The van der Waals surface area contributed by atoms with Crippen LogP contribution in [0.4, 0.5) is 4.79 Å². The first-order chi connectivity index (χ1) is 10.7. The Labute approximate surface area is 129 Å². The minimum atomic E-state index is -1.01. The molecule has 1 saturated heterocycles. The quantitative estimate of drug-likeness (QED) is 0.757. The summed E-state index contributed by atoms with van der Waals surface area (Å²) in [6, 6.07) is 17.3. The molecule has 1 atom stereocenters. The Morgan fingerprint density at radius 3 is 2.41 bits per heavy atom. The highest BCUT2D eigenvalue weighted by Gasteiger charge is 2.60. The van der Waals surface area contributed by atoms with Crippen LogP contribution in [-0.2, 0) is 16.8 Å². The van der Waals surface area contributed by atoms with Gasteiger partial charge in [-0.05, 0) is 23.1 Å². The van der Waals surface area contributed by atoms with E-state index in [1.54, 1.807) is 11.9 Å². The summed E-state index contributed by atoms with van der Waals surface area (Å²) in [5, 5.41) is 0. The Hall–Kier alpha value is -2.62. The molecule has 2 aromatic carbocycles. The molecule has 4 nitrogen and oxygen atoms in total. The van der Waals surface area contributed by atoms with Crippen molar-refractivity contribution in [2.24, 2.45) is 0 Å². The summed E-state index contributed by atoms with van der Waals surface area (Å²) in [4.78, 5) is 28.6. The van der Waals surface area contributed by atoms with Gasteiger partial charge in [-0.25, -0.2) is 4.79 Å². The van der Waals surface area contributed by atoms with Crippen LogP contribution in [0.2, 0.25) is 0 Å². The molecule has 1 fully saturated rings. The third-order valence-electron chi connectivity index (χ3n) is 4.74. The second-order valence-electron chi connectivity index (χ2n) is 5.78. The molecule has 4 heteroatoms. The molecular weight excluding hydrogens is 276 g/mol. The van der Waals surface area contributed by atoms with Crippen molar-refractivity contribution in [3.63, 3.8) is 0 Å². The van der Waals surface area contributed by atoms with E-state index in [2.05, 4.69) is 0 Å². The summed E-state index contributed by atoms with van der Waals surface area (Å²) < 4.78 is 0. The molecule has 1 unspecified atom stereocenters. The number of imide groups is 1. The van der Waals surface area contributed by atoms with E-state index in [0.29, 0.717) is 6.54 Å². The van der Waals surface area contributed by atoms with Crippen molar-refractivity contribution in [1.82, 2.24) is 9.80 Å².